The van der Waals surface area contributed by atoms with Gasteiger partial charge in [-0.2, -0.15) is 0 Å². The van der Waals surface area contributed by atoms with Crippen molar-refractivity contribution in [3.63, 3.8) is 0 Å². The number of hydrogen-bond acceptors (Lipinski definition) is 12. The van der Waals surface area contributed by atoms with E-state index in [1.807, 2.05) is 0 Å². The van der Waals surface area contributed by atoms with E-state index >= 15 is 0 Å². The molecule has 0 aliphatic rings. The van der Waals surface area contributed by atoms with Crippen molar-refractivity contribution in [1.82, 2.24) is 9.97 Å². The Labute approximate surface area is 225 Å². The second kappa shape index (κ2) is 19.3. The van der Waals surface area contributed by atoms with Gasteiger partial charge in [0.1, 0.15) is 24.4 Å². The maximum atomic E-state index is 10.9. The van der Waals surface area contributed by atoms with Gasteiger partial charge in [-0.3, -0.25) is 24.4 Å². The number of carboxylic acids is 3. The molecule has 39 heavy (non-hydrogen) atoms. The SMILES string of the molecule is O=C(O)CCCO[C@@H](CO)[C@@H](O)[C@@H](OCCCC(=O)O)c1cnc(C[C@H](O)[C@H](CO)OCCCC(=O)O)cn1. The molecule has 1 rings (SSSR count). The van der Waals surface area contributed by atoms with Gasteiger partial charge in [-0.1, -0.05) is 0 Å². The van der Waals surface area contributed by atoms with Gasteiger partial charge < -0.3 is 50.0 Å². The van der Waals surface area contributed by atoms with E-state index in [0.29, 0.717) is 5.69 Å². The van der Waals surface area contributed by atoms with Crippen molar-refractivity contribution in [2.45, 2.75) is 75.5 Å². The molecule has 0 spiro atoms. The highest BCUT2D eigenvalue weighted by Gasteiger charge is 2.32. The highest BCUT2D eigenvalue weighted by molar-refractivity contribution is 5.67. The highest BCUT2D eigenvalue weighted by atomic mass is 16.5. The van der Waals surface area contributed by atoms with Gasteiger partial charge in [-0.15, -0.1) is 0 Å². The van der Waals surface area contributed by atoms with Crippen molar-refractivity contribution in [2.24, 2.45) is 0 Å². The molecule has 15 heteroatoms. The van der Waals surface area contributed by atoms with Crippen molar-refractivity contribution in [1.29, 1.82) is 0 Å². The van der Waals surface area contributed by atoms with Crippen LogP contribution in [0.1, 0.15) is 56.0 Å². The Morgan fingerprint density at radius 3 is 1.64 bits per heavy atom. The largest absolute Gasteiger partial charge is 0.481 e. The Bertz CT molecular complexity index is 855. The lowest BCUT2D eigenvalue weighted by Crippen LogP contribution is -2.39. The van der Waals surface area contributed by atoms with Crippen LogP contribution in [-0.4, -0.2) is 121 Å². The first-order chi connectivity index (χ1) is 18.6. The molecule has 1 aromatic heterocycles. The molecule has 1 aromatic rings. The van der Waals surface area contributed by atoms with Crippen LogP contribution >= 0.6 is 0 Å². The minimum absolute atomic E-state index is 0.0301. The van der Waals surface area contributed by atoms with E-state index in [2.05, 4.69) is 9.97 Å². The minimum atomic E-state index is -1.46. The summed E-state index contributed by atoms with van der Waals surface area (Å²) in [7, 11) is 0. The number of aromatic nitrogens is 2. The van der Waals surface area contributed by atoms with Crippen LogP contribution in [0, 0.1) is 0 Å². The van der Waals surface area contributed by atoms with E-state index in [9.17, 15) is 34.8 Å². The lowest BCUT2D eigenvalue weighted by Gasteiger charge is -2.28. The minimum Gasteiger partial charge on any atom is -0.481 e. The Morgan fingerprint density at radius 1 is 0.718 bits per heavy atom. The molecule has 222 valence electrons. The molecule has 0 amide bonds. The third-order valence-electron chi connectivity index (χ3n) is 5.48. The molecule has 0 fully saturated rings. The van der Waals surface area contributed by atoms with Gasteiger partial charge in [-0.05, 0) is 19.3 Å². The lowest BCUT2D eigenvalue weighted by atomic mass is 10.0. The van der Waals surface area contributed by atoms with Crippen LogP contribution in [0.25, 0.3) is 0 Å². The average molecular weight is 563 g/mol. The van der Waals surface area contributed by atoms with Crippen molar-refractivity contribution < 1.29 is 64.3 Å². The zero-order valence-corrected chi connectivity index (χ0v) is 21.5. The molecule has 0 aliphatic heterocycles. The standard InChI is InChI=1S/C24H38N2O13/c27-13-18(37-7-1-4-20(30)31)17(29)10-15-11-26-16(12-25-15)24(39-9-3-6-22(34)35)23(36)19(14-28)38-8-2-5-21(32)33/h11-12,17-19,23-24,27-29,36H,1-10,13-14H2,(H,30,31)(H,32,33)(H,34,35)/t17-,18-,19-,23+,24-/m0/s1. The van der Waals surface area contributed by atoms with Gasteiger partial charge in [0.25, 0.3) is 0 Å². The van der Waals surface area contributed by atoms with E-state index in [0.717, 1.165) is 0 Å². The van der Waals surface area contributed by atoms with Crippen LogP contribution in [0.2, 0.25) is 0 Å². The number of hydrogen-bond donors (Lipinski definition) is 7. The molecule has 0 saturated carbocycles. The molecule has 5 atom stereocenters. The summed E-state index contributed by atoms with van der Waals surface area (Å²) in [5, 5.41) is 66.7. The molecule has 0 unspecified atom stereocenters. The molecule has 0 bridgehead atoms. The van der Waals surface area contributed by atoms with E-state index in [1.54, 1.807) is 0 Å². The summed E-state index contributed by atoms with van der Waals surface area (Å²) in [4.78, 5) is 40.5. The fourth-order valence-electron chi connectivity index (χ4n) is 3.41. The van der Waals surface area contributed by atoms with Gasteiger partial charge in [0.2, 0.25) is 0 Å². The van der Waals surface area contributed by atoms with Crippen LogP contribution in [0.4, 0.5) is 0 Å². The molecule has 0 saturated heterocycles. The number of aliphatic hydroxyl groups is 4. The van der Waals surface area contributed by atoms with E-state index < -0.39 is 61.6 Å². The second-order valence-electron chi connectivity index (χ2n) is 8.66. The Morgan fingerprint density at radius 2 is 1.21 bits per heavy atom. The van der Waals surface area contributed by atoms with Crippen LogP contribution in [0.3, 0.4) is 0 Å². The molecular formula is C24H38N2O13. The second-order valence-corrected chi connectivity index (χ2v) is 8.66. The predicted octanol–water partition coefficient (Wildman–Crippen LogP) is -0.852. The number of nitrogens with zero attached hydrogens (tertiary/aromatic N) is 2. The number of ether oxygens (including phenoxy) is 3. The fraction of sp³-hybridized carbons (Fsp3) is 0.708. The van der Waals surface area contributed by atoms with Gasteiger partial charge >= 0.3 is 17.9 Å². The Kier molecular flexibility index (Phi) is 16.9. The quantitative estimate of drug-likeness (QED) is 0.0802. The van der Waals surface area contributed by atoms with Gasteiger partial charge in [0.15, 0.2) is 0 Å². The summed E-state index contributed by atoms with van der Waals surface area (Å²) in [5.74, 6) is -3.03. The summed E-state index contributed by atoms with van der Waals surface area (Å²) >= 11 is 0. The lowest BCUT2D eigenvalue weighted by molar-refractivity contribution is -0.141. The maximum absolute atomic E-state index is 10.9. The summed E-state index contributed by atoms with van der Waals surface area (Å²) in [6.07, 6.45) is -3.39. The number of aliphatic carboxylic acids is 3. The number of rotatable bonds is 23. The topological polar surface area (TPSA) is 246 Å². The van der Waals surface area contributed by atoms with E-state index in [4.69, 9.17) is 29.5 Å². The third kappa shape index (κ3) is 14.2. The van der Waals surface area contributed by atoms with Crippen LogP contribution in [0.15, 0.2) is 12.4 Å². The van der Waals surface area contributed by atoms with E-state index in [-0.39, 0.29) is 70.5 Å². The van der Waals surface area contributed by atoms with Gasteiger partial charge in [0.05, 0.1) is 36.9 Å². The van der Waals surface area contributed by atoms with Crippen molar-refractivity contribution in [2.75, 3.05) is 33.0 Å². The van der Waals surface area contributed by atoms with Gasteiger partial charge in [0, 0.05) is 51.7 Å². The Balaban J connectivity index is 2.88. The average Bonchev–Trinajstić information content (AvgIpc) is 2.88. The zero-order valence-electron chi connectivity index (χ0n) is 21.5. The highest BCUT2D eigenvalue weighted by Crippen LogP contribution is 2.24. The summed E-state index contributed by atoms with van der Waals surface area (Å²) < 4.78 is 16.5. The molecule has 7 N–H and O–H groups in total. The molecule has 1 heterocycles. The van der Waals surface area contributed by atoms with Crippen LogP contribution in [0.5, 0.6) is 0 Å². The molecule has 0 aromatic carbocycles. The van der Waals surface area contributed by atoms with Crippen molar-refractivity contribution in [3.8, 4) is 0 Å². The summed E-state index contributed by atoms with van der Waals surface area (Å²) in [6.45, 7) is -1.20. The smallest absolute Gasteiger partial charge is 0.303 e. The normalized spacial score (nSPS) is 15.3. The molecular weight excluding hydrogens is 524 g/mol. The first-order valence-electron chi connectivity index (χ1n) is 12.5. The third-order valence-corrected chi connectivity index (χ3v) is 5.48. The fourth-order valence-corrected chi connectivity index (χ4v) is 3.41. The number of carbonyl (C=O) groups is 3. The summed E-state index contributed by atoms with van der Waals surface area (Å²) in [6, 6.07) is 0. The molecule has 0 radical (unpaired) electrons. The zero-order chi connectivity index (χ0) is 29.2. The van der Waals surface area contributed by atoms with Crippen molar-refractivity contribution >= 4 is 17.9 Å². The molecule has 0 aliphatic carbocycles. The summed E-state index contributed by atoms with van der Waals surface area (Å²) in [5.41, 5.74) is 0.439. The first-order valence-corrected chi connectivity index (χ1v) is 12.5. The van der Waals surface area contributed by atoms with Crippen LogP contribution < -0.4 is 0 Å². The van der Waals surface area contributed by atoms with Crippen molar-refractivity contribution in [3.05, 3.63) is 23.8 Å². The number of carboxylic acid groups (broad SMARTS) is 3. The number of aliphatic hydroxyl groups excluding tert-OH is 4. The molecule has 15 nitrogen and oxygen atoms in total. The van der Waals surface area contributed by atoms with Gasteiger partial charge in [-0.25, -0.2) is 0 Å². The Hall–Kier alpha value is -2.79. The first kappa shape index (κ1) is 34.2. The maximum Gasteiger partial charge on any atom is 0.303 e. The predicted molar refractivity (Wildman–Crippen MR) is 131 cm³/mol. The van der Waals surface area contributed by atoms with Crippen LogP contribution in [-0.2, 0) is 35.0 Å². The van der Waals surface area contributed by atoms with E-state index in [1.165, 1.54) is 12.4 Å². The monoisotopic (exact) mass is 562 g/mol.